The first-order valence-corrected chi connectivity index (χ1v) is 9.50. The van der Waals surface area contributed by atoms with Gasteiger partial charge in [-0.05, 0) is 57.2 Å². The fourth-order valence-electron chi connectivity index (χ4n) is 2.71. The summed E-state index contributed by atoms with van der Waals surface area (Å²) in [5, 5.41) is 2.91. The first-order valence-electron chi connectivity index (χ1n) is 8.06. The minimum Gasteiger partial charge on any atom is -0.352 e. The van der Waals surface area contributed by atoms with Gasteiger partial charge in [0, 0.05) is 12.6 Å². The van der Waals surface area contributed by atoms with E-state index in [1.165, 1.54) is 12.1 Å². The Morgan fingerprint density at radius 1 is 1.29 bits per heavy atom. The zero-order valence-corrected chi connectivity index (χ0v) is 14.9. The van der Waals surface area contributed by atoms with Crippen LogP contribution < -0.4 is 5.32 Å². The lowest BCUT2D eigenvalue weighted by molar-refractivity contribution is -0.122. The second kappa shape index (κ2) is 8.04. The molecule has 0 unspecified atom stereocenters. The fourth-order valence-corrected chi connectivity index (χ4v) is 4.11. The van der Waals surface area contributed by atoms with E-state index in [-0.39, 0.29) is 29.9 Å². The molecule has 134 valence electrons. The van der Waals surface area contributed by atoms with Crippen molar-refractivity contribution in [2.75, 3.05) is 33.2 Å². The van der Waals surface area contributed by atoms with Crippen molar-refractivity contribution >= 4 is 15.9 Å². The largest absolute Gasteiger partial charge is 0.352 e. The number of nitrogens with zero attached hydrogens (tertiary/aromatic N) is 2. The van der Waals surface area contributed by atoms with Crippen LogP contribution in [0.3, 0.4) is 0 Å². The van der Waals surface area contributed by atoms with E-state index in [1.54, 1.807) is 6.92 Å². The molecule has 1 heterocycles. The van der Waals surface area contributed by atoms with Crippen LogP contribution in [0.4, 0.5) is 4.39 Å². The molecule has 1 aromatic carbocycles. The van der Waals surface area contributed by atoms with Gasteiger partial charge in [0.1, 0.15) is 5.82 Å². The Hall–Kier alpha value is -1.51. The molecule has 8 heteroatoms. The van der Waals surface area contributed by atoms with Crippen molar-refractivity contribution < 1.29 is 17.6 Å². The predicted octanol–water partition coefficient (Wildman–Crippen LogP) is 1.05. The van der Waals surface area contributed by atoms with Crippen LogP contribution in [-0.2, 0) is 14.8 Å². The van der Waals surface area contributed by atoms with Gasteiger partial charge in [-0.25, -0.2) is 12.8 Å². The molecule has 24 heavy (non-hydrogen) atoms. The Kier molecular flexibility index (Phi) is 6.31. The Morgan fingerprint density at radius 3 is 2.42 bits per heavy atom. The third-order valence-electron chi connectivity index (χ3n) is 4.21. The van der Waals surface area contributed by atoms with Crippen LogP contribution in [0, 0.1) is 5.82 Å². The van der Waals surface area contributed by atoms with Gasteiger partial charge in [-0.15, -0.1) is 0 Å². The molecular formula is C16H24FN3O3S. The number of nitrogens with one attached hydrogen (secondary N) is 1. The van der Waals surface area contributed by atoms with E-state index in [9.17, 15) is 17.6 Å². The van der Waals surface area contributed by atoms with Crippen molar-refractivity contribution in [3.63, 3.8) is 0 Å². The number of sulfonamides is 1. The van der Waals surface area contributed by atoms with E-state index in [4.69, 9.17) is 0 Å². The molecule has 0 atom stereocenters. The summed E-state index contributed by atoms with van der Waals surface area (Å²) < 4.78 is 39.2. The molecule has 1 aromatic rings. The zero-order chi connectivity index (χ0) is 17.7. The number of benzene rings is 1. The summed E-state index contributed by atoms with van der Waals surface area (Å²) in [6.45, 7) is 3.43. The summed E-state index contributed by atoms with van der Waals surface area (Å²) in [5.41, 5.74) is 0. The standard InChI is InChI=1S/C16H24FN3O3S/c1-3-20(24(22,23)15-6-4-13(17)5-7-15)12-16(21)18-14-8-10-19(2)11-9-14/h4-7,14H,3,8-12H2,1-2H3,(H,18,21). The molecule has 0 aromatic heterocycles. The van der Waals surface area contributed by atoms with Crippen molar-refractivity contribution in [3.05, 3.63) is 30.1 Å². The Balaban J connectivity index is 2.00. The summed E-state index contributed by atoms with van der Waals surface area (Å²) in [4.78, 5) is 14.4. The highest BCUT2D eigenvalue weighted by Gasteiger charge is 2.26. The second-order valence-corrected chi connectivity index (χ2v) is 7.97. The normalized spacial score (nSPS) is 17.2. The maximum Gasteiger partial charge on any atom is 0.243 e. The van der Waals surface area contributed by atoms with Gasteiger partial charge in [-0.2, -0.15) is 4.31 Å². The number of carbonyl (C=O) groups is 1. The van der Waals surface area contributed by atoms with E-state index in [2.05, 4.69) is 10.2 Å². The quantitative estimate of drug-likeness (QED) is 0.826. The number of rotatable bonds is 6. The molecule has 1 amide bonds. The average Bonchev–Trinajstić information content (AvgIpc) is 2.55. The van der Waals surface area contributed by atoms with Gasteiger partial charge in [-0.1, -0.05) is 6.92 Å². The molecule has 6 nitrogen and oxygen atoms in total. The highest BCUT2D eigenvalue weighted by Crippen LogP contribution is 2.16. The number of likely N-dealkylation sites (tertiary alicyclic amines) is 1. The molecule has 1 N–H and O–H groups in total. The molecule has 1 aliphatic heterocycles. The lowest BCUT2D eigenvalue weighted by Crippen LogP contribution is -2.47. The number of hydrogen-bond acceptors (Lipinski definition) is 4. The van der Waals surface area contributed by atoms with Crippen molar-refractivity contribution in [2.24, 2.45) is 0 Å². The SMILES string of the molecule is CCN(CC(=O)NC1CCN(C)CC1)S(=O)(=O)c1ccc(F)cc1. The van der Waals surface area contributed by atoms with Gasteiger partial charge >= 0.3 is 0 Å². The van der Waals surface area contributed by atoms with Crippen LogP contribution in [0.5, 0.6) is 0 Å². The molecule has 1 saturated heterocycles. The Bertz CT molecular complexity index is 656. The molecule has 0 aliphatic carbocycles. The number of piperidine rings is 1. The van der Waals surface area contributed by atoms with E-state index in [1.807, 2.05) is 7.05 Å². The first-order chi connectivity index (χ1) is 11.3. The lowest BCUT2D eigenvalue weighted by atomic mass is 10.1. The lowest BCUT2D eigenvalue weighted by Gasteiger charge is -2.30. The van der Waals surface area contributed by atoms with Gasteiger partial charge in [0.25, 0.3) is 0 Å². The van der Waals surface area contributed by atoms with Crippen molar-refractivity contribution in [1.29, 1.82) is 0 Å². The van der Waals surface area contributed by atoms with Crippen LogP contribution >= 0.6 is 0 Å². The average molecular weight is 357 g/mol. The van der Waals surface area contributed by atoms with Gasteiger partial charge in [0.15, 0.2) is 0 Å². The van der Waals surface area contributed by atoms with Crippen LogP contribution in [0.2, 0.25) is 0 Å². The summed E-state index contributed by atoms with van der Waals surface area (Å²) >= 11 is 0. The Labute approximate surface area is 142 Å². The van der Waals surface area contributed by atoms with Crippen LogP contribution in [-0.4, -0.2) is 62.8 Å². The van der Waals surface area contributed by atoms with Gasteiger partial charge < -0.3 is 10.2 Å². The third-order valence-corrected chi connectivity index (χ3v) is 6.14. The molecule has 1 aliphatic rings. The molecular weight excluding hydrogens is 333 g/mol. The van der Waals surface area contributed by atoms with Crippen LogP contribution in [0.1, 0.15) is 19.8 Å². The highest BCUT2D eigenvalue weighted by molar-refractivity contribution is 7.89. The molecule has 0 radical (unpaired) electrons. The van der Waals surface area contributed by atoms with Crippen molar-refractivity contribution in [1.82, 2.24) is 14.5 Å². The van der Waals surface area contributed by atoms with Crippen LogP contribution in [0.25, 0.3) is 0 Å². The summed E-state index contributed by atoms with van der Waals surface area (Å²) in [6, 6.07) is 4.70. The monoisotopic (exact) mass is 357 g/mol. The topological polar surface area (TPSA) is 69.7 Å². The number of carbonyl (C=O) groups excluding carboxylic acids is 1. The second-order valence-electron chi connectivity index (χ2n) is 6.03. The Morgan fingerprint density at radius 2 is 1.88 bits per heavy atom. The zero-order valence-electron chi connectivity index (χ0n) is 14.0. The molecule has 0 saturated carbocycles. The third kappa shape index (κ3) is 4.75. The van der Waals surface area contributed by atoms with E-state index in [0.717, 1.165) is 42.4 Å². The maximum atomic E-state index is 13.0. The molecule has 1 fully saturated rings. The maximum absolute atomic E-state index is 13.0. The van der Waals surface area contributed by atoms with E-state index < -0.39 is 15.8 Å². The minimum absolute atomic E-state index is 0.0159. The molecule has 0 bridgehead atoms. The predicted molar refractivity (Wildman–Crippen MR) is 89.5 cm³/mol. The number of likely N-dealkylation sites (N-methyl/N-ethyl adjacent to an activating group) is 1. The summed E-state index contributed by atoms with van der Waals surface area (Å²) in [5.74, 6) is -0.811. The molecule has 0 spiro atoms. The van der Waals surface area contributed by atoms with Crippen LogP contribution in [0.15, 0.2) is 29.2 Å². The summed E-state index contributed by atoms with van der Waals surface area (Å²) in [7, 11) is -1.78. The number of hydrogen-bond donors (Lipinski definition) is 1. The van der Waals surface area contributed by atoms with Gasteiger partial charge in [0.2, 0.25) is 15.9 Å². The highest BCUT2D eigenvalue weighted by atomic mass is 32.2. The molecule has 2 rings (SSSR count). The summed E-state index contributed by atoms with van der Waals surface area (Å²) in [6.07, 6.45) is 1.72. The number of amides is 1. The van der Waals surface area contributed by atoms with E-state index in [0.29, 0.717) is 0 Å². The van der Waals surface area contributed by atoms with Crippen molar-refractivity contribution in [2.45, 2.75) is 30.7 Å². The van der Waals surface area contributed by atoms with Crippen molar-refractivity contribution in [3.8, 4) is 0 Å². The number of halogens is 1. The first kappa shape index (κ1) is 18.8. The smallest absolute Gasteiger partial charge is 0.243 e. The van der Waals surface area contributed by atoms with E-state index >= 15 is 0 Å². The fraction of sp³-hybridized carbons (Fsp3) is 0.562. The van der Waals surface area contributed by atoms with Gasteiger partial charge in [-0.3, -0.25) is 4.79 Å². The minimum atomic E-state index is -3.81. The van der Waals surface area contributed by atoms with Gasteiger partial charge in [0.05, 0.1) is 11.4 Å².